The molecular formula is C25H26FN7. The average molecular weight is 444 g/mol. The van der Waals surface area contributed by atoms with E-state index in [9.17, 15) is 4.39 Å². The van der Waals surface area contributed by atoms with Crippen LogP contribution < -0.4 is 16.0 Å². The summed E-state index contributed by atoms with van der Waals surface area (Å²) in [5, 5.41) is 9.20. The quantitative estimate of drug-likeness (QED) is 0.500. The molecule has 1 atom stereocenters. The van der Waals surface area contributed by atoms with Crippen molar-refractivity contribution in [3.63, 3.8) is 0 Å². The van der Waals surface area contributed by atoms with Gasteiger partial charge in [0.25, 0.3) is 0 Å². The van der Waals surface area contributed by atoms with Crippen molar-refractivity contribution in [1.82, 2.24) is 25.1 Å². The largest absolute Gasteiger partial charge is 0.383 e. The summed E-state index contributed by atoms with van der Waals surface area (Å²) in [5.41, 5.74) is 11.8. The van der Waals surface area contributed by atoms with Crippen LogP contribution in [0, 0.1) is 5.82 Å². The molecule has 168 valence electrons. The number of aromatic nitrogens is 4. The second-order valence-electron chi connectivity index (χ2n) is 8.87. The van der Waals surface area contributed by atoms with Crippen LogP contribution in [0.1, 0.15) is 30.0 Å². The minimum absolute atomic E-state index is 0.147. The third-order valence-corrected chi connectivity index (χ3v) is 6.77. The minimum Gasteiger partial charge on any atom is -0.383 e. The molecule has 1 fully saturated rings. The van der Waals surface area contributed by atoms with Gasteiger partial charge in [-0.15, -0.1) is 0 Å². The molecule has 6 rings (SSSR count). The molecule has 33 heavy (non-hydrogen) atoms. The molecule has 3 N–H and O–H groups in total. The van der Waals surface area contributed by atoms with Crippen molar-refractivity contribution in [1.29, 1.82) is 0 Å². The molecule has 0 bridgehead atoms. The van der Waals surface area contributed by atoms with Gasteiger partial charge in [0.05, 0.1) is 17.1 Å². The van der Waals surface area contributed by atoms with Crippen molar-refractivity contribution in [3.8, 4) is 11.3 Å². The number of fused-ring (bicyclic) bond motifs is 2. The first kappa shape index (κ1) is 20.1. The lowest BCUT2D eigenvalue weighted by Crippen LogP contribution is -2.32. The Kier molecular flexibility index (Phi) is 4.95. The van der Waals surface area contributed by atoms with Gasteiger partial charge < -0.3 is 16.0 Å². The first-order valence-corrected chi connectivity index (χ1v) is 11.5. The van der Waals surface area contributed by atoms with Gasteiger partial charge in [-0.2, -0.15) is 5.10 Å². The van der Waals surface area contributed by atoms with Crippen LogP contribution in [0.4, 0.5) is 15.9 Å². The number of nitrogens with two attached hydrogens (primary N) is 1. The second kappa shape index (κ2) is 8.12. The van der Waals surface area contributed by atoms with Gasteiger partial charge in [-0.25, -0.2) is 19.0 Å². The van der Waals surface area contributed by atoms with E-state index in [4.69, 9.17) is 10.8 Å². The number of anilines is 2. The maximum absolute atomic E-state index is 14.4. The Labute approximate surface area is 191 Å². The number of piperidine rings is 1. The molecule has 0 unspecified atom stereocenters. The predicted octanol–water partition coefficient (Wildman–Crippen LogP) is 3.70. The van der Waals surface area contributed by atoms with E-state index in [0.29, 0.717) is 12.4 Å². The Bertz CT molecular complexity index is 1310. The number of nitrogen functional groups attached to an aromatic ring is 1. The summed E-state index contributed by atoms with van der Waals surface area (Å²) in [6.07, 6.45) is 4.55. The maximum atomic E-state index is 14.4. The first-order chi connectivity index (χ1) is 16.2. The number of benzene rings is 2. The zero-order valence-electron chi connectivity index (χ0n) is 18.3. The molecular weight excluding hydrogens is 417 g/mol. The van der Waals surface area contributed by atoms with Crippen LogP contribution in [0.2, 0.25) is 0 Å². The lowest BCUT2D eigenvalue weighted by atomic mass is 10.1. The number of nitrogens with one attached hydrogen (secondary N) is 1. The van der Waals surface area contributed by atoms with Crippen molar-refractivity contribution in [2.75, 3.05) is 30.3 Å². The van der Waals surface area contributed by atoms with Gasteiger partial charge in [0, 0.05) is 25.2 Å². The van der Waals surface area contributed by atoms with Crippen molar-refractivity contribution < 1.29 is 4.39 Å². The molecule has 0 spiro atoms. The molecule has 2 aromatic heterocycles. The fourth-order valence-electron chi connectivity index (χ4n) is 5.12. The molecule has 1 saturated heterocycles. The van der Waals surface area contributed by atoms with Crippen LogP contribution in [-0.2, 0) is 13.0 Å². The highest BCUT2D eigenvalue weighted by molar-refractivity contribution is 5.98. The summed E-state index contributed by atoms with van der Waals surface area (Å²) < 4.78 is 16.4. The van der Waals surface area contributed by atoms with Crippen LogP contribution in [0.25, 0.3) is 22.3 Å². The predicted molar refractivity (Wildman–Crippen MR) is 127 cm³/mol. The lowest BCUT2D eigenvalue weighted by Gasteiger charge is -2.23. The molecule has 0 aliphatic carbocycles. The highest BCUT2D eigenvalue weighted by atomic mass is 19.1. The van der Waals surface area contributed by atoms with E-state index >= 15 is 0 Å². The zero-order chi connectivity index (χ0) is 22.4. The summed E-state index contributed by atoms with van der Waals surface area (Å²) >= 11 is 0. The van der Waals surface area contributed by atoms with E-state index in [1.54, 1.807) is 6.07 Å². The van der Waals surface area contributed by atoms with Crippen molar-refractivity contribution in [2.45, 2.75) is 31.8 Å². The van der Waals surface area contributed by atoms with Crippen LogP contribution in [0.3, 0.4) is 0 Å². The smallest absolute Gasteiger partial charge is 0.164 e. The monoisotopic (exact) mass is 443 g/mol. The molecule has 0 saturated carbocycles. The van der Waals surface area contributed by atoms with E-state index < -0.39 is 0 Å². The topological polar surface area (TPSA) is 84.9 Å². The Morgan fingerprint density at radius 3 is 2.82 bits per heavy atom. The SMILES string of the molecule is Nc1ncnc2c1c(-c1ccc(CN3CCc4cccc(F)c43)cc1)nn2[C@@H]1CCCNC1. The third-order valence-electron chi connectivity index (χ3n) is 6.77. The van der Waals surface area contributed by atoms with Crippen LogP contribution in [-0.4, -0.2) is 39.4 Å². The number of hydrogen-bond donors (Lipinski definition) is 2. The molecule has 7 nitrogen and oxygen atoms in total. The third kappa shape index (κ3) is 3.51. The summed E-state index contributed by atoms with van der Waals surface area (Å²) in [6.45, 7) is 3.40. The van der Waals surface area contributed by atoms with Gasteiger partial charge >= 0.3 is 0 Å². The van der Waals surface area contributed by atoms with Gasteiger partial charge in [0.1, 0.15) is 23.7 Å². The molecule has 0 amide bonds. The molecule has 0 radical (unpaired) electrons. The Morgan fingerprint density at radius 2 is 2.00 bits per heavy atom. The Balaban J connectivity index is 1.32. The van der Waals surface area contributed by atoms with Gasteiger partial charge in [-0.3, -0.25) is 0 Å². The number of rotatable bonds is 4. The molecule has 2 aromatic carbocycles. The summed E-state index contributed by atoms with van der Waals surface area (Å²) in [7, 11) is 0. The summed E-state index contributed by atoms with van der Waals surface area (Å²) in [5.74, 6) is 0.296. The fraction of sp³-hybridized carbons (Fsp3) is 0.320. The first-order valence-electron chi connectivity index (χ1n) is 11.5. The van der Waals surface area contributed by atoms with Crippen LogP contribution in [0.5, 0.6) is 0 Å². The number of hydrogen-bond acceptors (Lipinski definition) is 6. The van der Waals surface area contributed by atoms with Gasteiger partial charge in [-0.1, -0.05) is 36.4 Å². The maximum Gasteiger partial charge on any atom is 0.164 e. The molecule has 2 aliphatic rings. The Morgan fingerprint density at radius 1 is 1.12 bits per heavy atom. The highest BCUT2D eigenvalue weighted by Crippen LogP contribution is 2.34. The summed E-state index contributed by atoms with van der Waals surface area (Å²) in [4.78, 5) is 10.9. The van der Waals surface area contributed by atoms with Crippen molar-refractivity contribution >= 4 is 22.5 Å². The number of para-hydroxylation sites is 1. The Hall–Kier alpha value is -3.52. The number of nitrogens with zero attached hydrogens (tertiary/aromatic N) is 5. The fourth-order valence-corrected chi connectivity index (χ4v) is 5.12. The van der Waals surface area contributed by atoms with Crippen molar-refractivity contribution in [3.05, 3.63) is 65.7 Å². The van der Waals surface area contributed by atoms with Gasteiger partial charge in [0.15, 0.2) is 5.65 Å². The minimum atomic E-state index is -0.147. The molecule has 4 heterocycles. The number of halogens is 1. The van der Waals surface area contributed by atoms with E-state index in [0.717, 1.165) is 78.0 Å². The van der Waals surface area contributed by atoms with E-state index in [1.807, 2.05) is 10.7 Å². The average Bonchev–Trinajstić information content (AvgIpc) is 3.44. The van der Waals surface area contributed by atoms with E-state index in [-0.39, 0.29) is 11.9 Å². The molecule has 8 heteroatoms. The van der Waals surface area contributed by atoms with Crippen LogP contribution in [0.15, 0.2) is 48.8 Å². The van der Waals surface area contributed by atoms with Gasteiger partial charge in [-0.05, 0) is 43.0 Å². The lowest BCUT2D eigenvalue weighted by molar-refractivity contribution is 0.354. The van der Waals surface area contributed by atoms with E-state index in [2.05, 4.69) is 44.5 Å². The highest BCUT2D eigenvalue weighted by Gasteiger charge is 2.24. The van der Waals surface area contributed by atoms with E-state index in [1.165, 1.54) is 12.4 Å². The summed E-state index contributed by atoms with van der Waals surface area (Å²) in [6, 6.07) is 13.9. The molecule has 2 aliphatic heterocycles. The van der Waals surface area contributed by atoms with Crippen LogP contribution >= 0.6 is 0 Å². The molecule has 4 aromatic rings. The van der Waals surface area contributed by atoms with Crippen molar-refractivity contribution in [2.24, 2.45) is 0 Å². The van der Waals surface area contributed by atoms with Gasteiger partial charge in [0.2, 0.25) is 0 Å². The standard InChI is InChI=1S/C25H26FN7/c26-20-5-1-3-18-10-12-32(23(18)20)14-16-6-8-17(9-7-16)22-21-24(27)29-15-30-25(21)33(31-22)19-4-2-11-28-13-19/h1,3,5-9,15,19,28H,2,4,10-14H2,(H2,27,29,30)/t19-/m1/s1. The second-order valence-corrected chi connectivity index (χ2v) is 8.87. The normalized spacial score (nSPS) is 18.1. The zero-order valence-corrected chi connectivity index (χ0v) is 18.3.